The molecule has 6 nitrogen and oxygen atoms in total. The number of benzene rings is 1. The molecular formula is C17H16ClN3O3. The number of amides is 1. The van der Waals surface area contributed by atoms with Gasteiger partial charge in [-0.2, -0.15) is 0 Å². The van der Waals surface area contributed by atoms with Crippen LogP contribution in [-0.4, -0.2) is 27.0 Å². The highest BCUT2D eigenvalue weighted by atomic mass is 35.5. The number of aryl methyl sites for hydroxylation is 1. The van der Waals surface area contributed by atoms with E-state index >= 15 is 0 Å². The van der Waals surface area contributed by atoms with Gasteiger partial charge in [-0.25, -0.2) is 4.98 Å². The lowest BCUT2D eigenvalue weighted by Crippen LogP contribution is -2.15. The fourth-order valence-electron chi connectivity index (χ4n) is 2.49. The Morgan fingerprint density at radius 3 is 2.96 bits per heavy atom. The molecule has 2 heterocycles. The third-order valence-electron chi connectivity index (χ3n) is 3.51. The van der Waals surface area contributed by atoms with Crippen LogP contribution in [0.2, 0.25) is 5.02 Å². The van der Waals surface area contributed by atoms with Gasteiger partial charge in [0.15, 0.2) is 11.4 Å². The van der Waals surface area contributed by atoms with Crippen molar-refractivity contribution in [1.29, 1.82) is 0 Å². The summed E-state index contributed by atoms with van der Waals surface area (Å²) < 4.78 is 7.21. The molecule has 0 saturated heterocycles. The van der Waals surface area contributed by atoms with E-state index in [1.807, 2.05) is 6.92 Å². The molecular weight excluding hydrogens is 330 g/mol. The lowest BCUT2D eigenvalue weighted by Gasteiger charge is -2.09. The maximum atomic E-state index is 12.7. The minimum Gasteiger partial charge on any atom is -0.506 e. The molecule has 2 aromatic heterocycles. The van der Waals surface area contributed by atoms with Gasteiger partial charge in [0, 0.05) is 11.2 Å². The lowest BCUT2D eigenvalue weighted by atomic mass is 10.2. The molecule has 3 aromatic rings. The van der Waals surface area contributed by atoms with E-state index < -0.39 is 5.91 Å². The van der Waals surface area contributed by atoms with Crippen LogP contribution in [-0.2, 0) is 0 Å². The standard InChI is InChI=1S/C17H16ClN3O3/c1-3-24-14-5-4-8-21-15(10(2)19-16(14)21)17(23)20-12-9-11(18)6-7-13(12)22/h4-9,22H,3H2,1-2H3,(H,20,23). The predicted molar refractivity (Wildman–Crippen MR) is 92.2 cm³/mol. The van der Waals surface area contributed by atoms with Gasteiger partial charge in [0.2, 0.25) is 0 Å². The average molecular weight is 346 g/mol. The van der Waals surface area contributed by atoms with Crippen molar-refractivity contribution in [2.75, 3.05) is 11.9 Å². The Kier molecular flexibility index (Phi) is 4.31. The second-order valence-corrected chi connectivity index (χ2v) is 5.60. The molecule has 0 spiro atoms. The molecule has 0 aliphatic carbocycles. The first-order valence-corrected chi connectivity index (χ1v) is 7.79. The van der Waals surface area contributed by atoms with E-state index in [9.17, 15) is 9.90 Å². The fraction of sp³-hybridized carbons (Fsp3) is 0.176. The summed E-state index contributed by atoms with van der Waals surface area (Å²) in [5.74, 6) is 0.146. The third kappa shape index (κ3) is 2.88. The molecule has 0 saturated carbocycles. The predicted octanol–water partition coefficient (Wildman–Crippen LogP) is 3.65. The smallest absolute Gasteiger partial charge is 0.274 e. The van der Waals surface area contributed by atoms with Crippen molar-refractivity contribution in [1.82, 2.24) is 9.38 Å². The van der Waals surface area contributed by atoms with Crippen LogP contribution in [0.4, 0.5) is 5.69 Å². The number of nitrogens with zero attached hydrogens (tertiary/aromatic N) is 2. The summed E-state index contributed by atoms with van der Waals surface area (Å²) in [4.78, 5) is 17.1. The number of hydrogen-bond acceptors (Lipinski definition) is 4. The van der Waals surface area contributed by atoms with Gasteiger partial charge in [0.05, 0.1) is 18.0 Å². The number of halogens is 1. The Morgan fingerprint density at radius 2 is 2.21 bits per heavy atom. The monoisotopic (exact) mass is 345 g/mol. The summed E-state index contributed by atoms with van der Waals surface area (Å²) in [6, 6.07) is 8.04. The SMILES string of the molecule is CCOc1cccn2c(C(=O)Nc3cc(Cl)ccc3O)c(C)nc12. The summed E-state index contributed by atoms with van der Waals surface area (Å²) in [5.41, 5.74) is 1.73. The topological polar surface area (TPSA) is 75.9 Å². The molecule has 124 valence electrons. The summed E-state index contributed by atoms with van der Waals surface area (Å²) in [6.45, 7) is 4.13. The maximum Gasteiger partial charge on any atom is 0.274 e. The van der Waals surface area contributed by atoms with Crippen molar-refractivity contribution in [2.45, 2.75) is 13.8 Å². The number of phenolic OH excluding ortho intramolecular Hbond substituents is 1. The minimum atomic E-state index is -0.397. The van der Waals surface area contributed by atoms with E-state index in [0.717, 1.165) is 0 Å². The Balaban J connectivity index is 2.02. The minimum absolute atomic E-state index is 0.0609. The number of anilines is 1. The van der Waals surface area contributed by atoms with Crippen LogP contribution >= 0.6 is 11.6 Å². The second kappa shape index (κ2) is 6.41. The highest BCUT2D eigenvalue weighted by molar-refractivity contribution is 6.31. The Morgan fingerprint density at radius 1 is 1.42 bits per heavy atom. The molecule has 1 amide bonds. The average Bonchev–Trinajstić information content (AvgIpc) is 2.88. The highest BCUT2D eigenvalue weighted by Crippen LogP contribution is 2.28. The number of aromatic hydroxyl groups is 1. The molecule has 2 N–H and O–H groups in total. The molecule has 0 aliphatic heterocycles. The summed E-state index contributed by atoms with van der Waals surface area (Å²) in [5, 5.41) is 12.9. The number of pyridine rings is 1. The first-order chi connectivity index (χ1) is 11.5. The lowest BCUT2D eigenvalue weighted by molar-refractivity contribution is 0.102. The summed E-state index contributed by atoms with van der Waals surface area (Å²) >= 11 is 5.91. The van der Waals surface area contributed by atoms with Gasteiger partial charge in [-0.15, -0.1) is 0 Å². The van der Waals surface area contributed by atoms with Gasteiger partial charge >= 0.3 is 0 Å². The second-order valence-electron chi connectivity index (χ2n) is 5.16. The van der Waals surface area contributed by atoms with Crippen molar-refractivity contribution < 1.29 is 14.6 Å². The van der Waals surface area contributed by atoms with Gasteiger partial charge in [-0.05, 0) is 44.2 Å². The number of hydrogen-bond donors (Lipinski definition) is 2. The van der Waals surface area contributed by atoms with E-state index in [1.165, 1.54) is 12.1 Å². The van der Waals surface area contributed by atoms with Gasteiger partial charge in [0.25, 0.3) is 5.91 Å². The Hall–Kier alpha value is -2.73. The highest BCUT2D eigenvalue weighted by Gasteiger charge is 2.19. The number of carbonyl (C=O) groups is 1. The number of phenols is 1. The number of imidazole rings is 1. The molecule has 24 heavy (non-hydrogen) atoms. The molecule has 3 rings (SSSR count). The van der Waals surface area contributed by atoms with E-state index in [1.54, 1.807) is 35.7 Å². The normalized spacial score (nSPS) is 10.8. The van der Waals surface area contributed by atoms with Crippen LogP contribution < -0.4 is 10.1 Å². The molecule has 0 atom stereocenters. The number of ether oxygens (including phenoxy) is 1. The van der Waals surface area contributed by atoms with Crippen LogP contribution in [0.25, 0.3) is 5.65 Å². The number of carbonyl (C=O) groups excluding carboxylic acids is 1. The molecule has 0 fully saturated rings. The van der Waals surface area contributed by atoms with Crippen molar-refractivity contribution in [3.63, 3.8) is 0 Å². The third-order valence-corrected chi connectivity index (χ3v) is 3.75. The zero-order chi connectivity index (χ0) is 17.3. The Bertz CT molecular complexity index is 921. The first-order valence-electron chi connectivity index (χ1n) is 7.41. The van der Waals surface area contributed by atoms with E-state index in [4.69, 9.17) is 16.3 Å². The zero-order valence-corrected chi connectivity index (χ0v) is 14.0. The number of rotatable bonds is 4. The zero-order valence-electron chi connectivity index (χ0n) is 13.2. The summed E-state index contributed by atoms with van der Waals surface area (Å²) in [6.07, 6.45) is 1.74. The van der Waals surface area contributed by atoms with Crippen LogP contribution in [0.1, 0.15) is 23.1 Å². The summed E-state index contributed by atoms with van der Waals surface area (Å²) in [7, 11) is 0. The van der Waals surface area contributed by atoms with Crippen molar-refractivity contribution >= 4 is 28.8 Å². The van der Waals surface area contributed by atoms with Gasteiger partial charge in [-0.1, -0.05) is 11.6 Å². The number of aromatic nitrogens is 2. The molecule has 0 bridgehead atoms. The molecule has 0 radical (unpaired) electrons. The van der Waals surface area contributed by atoms with Crippen molar-refractivity contribution in [2.24, 2.45) is 0 Å². The van der Waals surface area contributed by atoms with Crippen LogP contribution in [0.15, 0.2) is 36.5 Å². The maximum absolute atomic E-state index is 12.7. The largest absolute Gasteiger partial charge is 0.506 e. The molecule has 1 aromatic carbocycles. The first kappa shape index (κ1) is 16.1. The van der Waals surface area contributed by atoms with Gasteiger partial charge in [0.1, 0.15) is 11.4 Å². The van der Waals surface area contributed by atoms with Crippen LogP contribution in [0, 0.1) is 6.92 Å². The van der Waals surface area contributed by atoms with E-state index in [0.29, 0.717) is 34.4 Å². The number of nitrogens with one attached hydrogen (secondary N) is 1. The number of fused-ring (bicyclic) bond motifs is 1. The fourth-order valence-corrected chi connectivity index (χ4v) is 2.66. The Labute approximate surface area is 143 Å². The van der Waals surface area contributed by atoms with Crippen LogP contribution in [0.5, 0.6) is 11.5 Å². The van der Waals surface area contributed by atoms with Gasteiger partial charge < -0.3 is 15.2 Å². The quantitative estimate of drug-likeness (QED) is 0.708. The van der Waals surface area contributed by atoms with E-state index in [2.05, 4.69) is 10.3 Å². The van der Waals surface area contributed by atoms with Crippen molar-refractivity contribution in [3.8, 4) is 11.5 Å². The van der Waals surface area contributed by atoms with Gasteiger partial charge in [-0.3, -0.25) is 9.20 Å². The molecule has 0 unspecified atom stereocenters. The van der Waals surface area contributed by atoms with Crippen LogP contribution in [0.3, 0.4) is 0 Å². The van der Waals surface area contributed by atoms with Crippen molar-refractivity contribution in [3.05, 3.63) is 52.9 Å². The molecule has 7 heteroatoms. The molecule has 0 aliphatic rings. The van der Waals surface area contributed by atoms with E-state index in [-0.39, 0.29) is 11.4 Å².